The summed E-state index contributed by atoms with van der Waals surface area (Å²) in [6.07, 6.45) is 7.23. The molecule has 1 aliphatic carbocycles. The van der Waals surface area contributed by atoms with Crippen molar-refractivity contribution in [2.75, 3.05) is 46.2 Å². The first-order chi connectivity index (χ1) is 32.1. The van der Waals surface area contributed by atoms with Crippen molar-refractivity contribution >= 4 is 58.2 Å². The lowest BCUT2D eigenvalue weighted by molar-refractivity contribution is -0.136. The Morgan fingerprint density at radius 3 is 2.37 bits per heavy atom. The summed E-state index contributed by atoms with van der Waals surface area (Å²) in [6, 6.07) is 16.3. The average Bonchev–Trinajstić information content (AvgIpc) is 3.88. The first-order valence-electron chi connectivity index (χ1n) is 23.1. The van der Waals surface area contributed by atoms with Crippen LogP contribution in [0.3, 0.4) is 0 Å². The second-order valence-electron chi connectivity index (χ2n) is 20.0. The molecule has 3 aromatic heterocycles. The number of nitrogens with zero attached hydrogens (tertiary/aromatic N) is 8. The first-order valence-corrected chi connectivity index (χ1v) is 23.1. The van der Waals surface area contributed by atoms with Crippen LogP contribution < -0.4 is 30.9 Å². The van der Waals surface area contributed by atoms with E-state index in [0.29, 0.717) is 47.1 Å². The quantitative estimate of drug-likeness (QED) is 0.184. The SMILES string of the molecule is C[C@H]1CC2(CCN1c1ccc(Nc3nc(-c4ccnc(N5CCn6c(cc7c6CC(C)(C)C7)C5=O)c4CO)cn(C)c3=O)cc1)CN(c1ccc3c(c1)C(=O)N(C1CCC(=O)NC1=O)C3=O)C2. The van der Waals surface area contributed by atoms with E-state index in [9.17, 15) is 33.9 Å². The Morgan fingerprint density at radius 1 is 0.866 bits per heavy atom. The number of nitrogens with one attached hydrogen (secondary N) is 2. The van der Waals surface area contributed by atoms with Gasteiger partial charge in [-0.05, 0) is 105 Å². The molecule has 67 heavy (non-hydrogen) atoms. The van der Waals surface area contributed by atoms with Crippen molar-refractivity contribution in [1.82, 2.24) is 29.3 Å². The Hall–Kier alpha value is -7.14. The molecule has 5 amide bonds. The van der Waals surface area contributed by atoms with E-state index < -0.39 is 29.7 Å². The van der Waals surface area contributed by atoms with Crippen molar-refractivity contribution in [3.63, 3.8) is 0 Å². The van der Waals surface area contributed by atoms with Gasteiger partial charge in [0, 0.05) is 104 Å². The fourth-order valence-electron chi connectivity index (χ4n) is 11.6. The van der Waals surface area contributed by atoms with Crippen LogP contribution in [0.2, 0.25) is 0 Å². The number of aryl methyl sites for hydroxylation is 1. The number of rotatable bonds is 8. The summed E-state index contributed by atoms with van der Waals surface area (Å²) >= 11 is 0. The van der Waals surface area contributed by atoms with Gasteiger partial charge in [-0.1, -0.05) is 13.8 Å². The number of carbonyl (C=O) groups is 5. The molecule has 17 nitrogen and oxygen atoms in total. The number of aliphatic hydroxyl groups is 1. The number of imide groups is 2. The van der Waals surface area contributed by atoms with Crippen LogP contribution >= 0.6 is 0 Å². The molecule has 0 saturated carbocycles. The minimum Gasteiger partial charge on any atom is -0.392 e. The third-order valence-electron chi connectivity index (χ3n) is 14.9. The number of anilines is 5. The zero-order valence-corrected chi connectivity index (χ0v) is 38.0. The number of carbonyl (C=O) groups excluding carboxylic acids is 5. The second-order valence-corrected chi connectivity index (χ2v) is 20.0. The molecule has 2 aromatic carbocycles. The maximum absolute atomic E-state index is 14.0. The number of fused-ring (bicyclic) bond motifs is 4. The van der Waals surface area contributed by atoms with Crippen LogP contribution in [0.15, 0.2) is 71.8 Å². The number of piperidine rings is 2. The van der Waals surface area contributed by atoms with E-state index in [1.54, 1.807) is 42.5 Å². The molecule has 1 spiro atoms. The molecule has 8 heterocycles. The average molecular weight is 905 g/mol. The van der Waals surface area contributed by atoms with Gasteiger partial charge in [0.05, 0.1) is 23.4 Å². The molecule has 1 unspecified atom stereocenters. The third kappa shape index (κ3) is 7.00. The summed E-state index contributed by atoms with van der Waals surface area (Å²) < 4.78 is 3.60. The summed E-state index contributed by atoms with van der Waals surface area (Å²) in [5.41, 5.74) is 7.69. The van der Waals surface area contributed by atoms with Gasteiger partial charge in [0.2, 0.25) is 11.8 Å². The van der Waals surface area contributed by atoms with Crippen LogP contribution in [0.4, 0.5) is 28.7 Å². The van der Waals surface area contributed by atoms with Gasteiger partial charge in [-0.25, -0.2) is 9.97 Å². The second kappa shape index (κ2) is 15.5. The van der Waals surface area contributed by atoms with E-state index in [-0.39, 0.29) is 64.7 Å². The van der Waals surface area contributed by atoms with E-state index in [4.69, 9.17) is 4.98 Å². The summed E-state index contributed by atoms with van der Waals surface area (Å²) in [5.74, 6) is -1.70. The molecule has 17 heteroatoms. The molecule has 344 valence electrons. The number of benzene rings is 2. The largest absolute Gasteiger partial charge is 0.392 e. The molecule has 3 saturated heterocycles. The lowest BCUT2D eigenvalue weighted by atomic mass is 9.69. The molecule has 0 bridgehead atoms. The van der Waals surface area contributed by atoms with E-state index in [1.165, 1.54) is 15.8 Å². The fourth-order valence-corrected chi connectivity index (χ4v) is 11.6. The van der Waals surface area contributed by atoms with E-state index >= 15 is 0 Å². The van der Waals surface area contributed by atoms with Gasteiger partial charge >= 0.3 is 0 Å². The maximum atomic E-state index is 14.0. The van der Waals surface area contributed by atoms with Crippen molar-refractivity contribution in [2.45, 2.75) is 84.5 Å². The topological polar surface area (TPSA) is 195 Å². The Labute approximate surface area is 386 Å². The Bertz CT molecular complexity index is 3020. The van der Waals surface area contributed by atoms with Gasteiger partial charge in [0.25, 0.3) is 23.3 Å². The van der Waals surface area contributed by atoms with Crippen molar-refractivity contribution in [3.8, 4) is 11.3 Å². The third-order valence-corrected chi connectivity index (χ3v) is 14.9. The first kappa shape index (κ1) is 42.5. The Morgan fingerprint density at radius 2 is 1.63 bits per heavy atom. The number of aromatic nitrogens is 4. The highest BCUT2D eigenvalue weighted by Crippen LogP contribution is 2.47. The maximum Gasteiger partial charge on any atom is 0.293 e. The van der Waals surface area contributed by atoms with Gasteiger partial charge in [0.1, 0.15) is 17.6 Å². The van der Waals surface area contributed by atoms with Crippen molar-refractivity contribution in [1.29, 1.82) is 0 Å². The minimum atomic E-state index is -0.998. The van der Waals surface area contributed by atoms with Gasteiger partial charge in [-0.2, -0.15) is 0 Å². The van der Waals surface area contributed by atoms with E-state index in [1.807, 2.05) is 36.4 Å². The highest BCUT2D eigenvalue weighted by Gasteiger charge is 2.49. The normalized spacial score (nSPS) is 21.7. The minimum absolute atomic E-state index is 0.0737. The zero-order chi connectivity index (χ0) is 46.7. The molecule has 3 N–H and O–H groups in total. The van der Waals surface area contributed by atoms with Crippen molar-refractivity contribution in [3.05, 3.63) is 111 Å². The number of hydrogen-bond donors (Lipinski definition) is 3. The van der Waals surface area contributed by atoms with Crippen LogP contribution in [-0.2, 0) is 42.6 Å². The summed E-state index contributed by atoms with van der Waals surface area (Å²) in [7, 11) is 1.66. The molecule has 5 aromatic rings. The summed E-state index contributed by atoms with van der Waals surface area (Å²) in [6.45, 7) is 9.88. The molecule has 0 radical (unpaired) electrons. The molecule has 5 aliphatic heterocycles. The van der Waals surface area contributed by atoms with Crippen LogP contribution in [-0.4, -0.2) is 96.9 Å². The lowest BCUT2D eigenvalue weighted by Gasteiger charge is -2.57. The summed E-state index contributed by atoms with van der Waals surface area (Å²) in [4.78, 5) is 95.0. The van der Waals surface area contributed by atoms with Crippen LogP contribution in [0, 0.1) is 10.8 Å². The van der Waals surface area contributed by atoms with Crippen LogP contribution in [0.1, 0.15) is 94.5 Å². The molecule has 2 atom stereocenters. The monoisotopic (exact) mass is 904 g/mol. The highest BCUT2D eigenvalue weighted by molar-refractivity contribution is 6.23. The van der Waals surface area contributed by atoms with Gasteiger partial charge in [-0.15, -0.1) is 0 Å². The lowest BCUT2D eigenvalue weighted by Crippen LogP contribution is -2.62. The van der Waals surface area contributed by atoms with E-state index in [0.717, 1.165) is 61.6 Å². The van der Waals surface area contributed by atoms with Crippen molar-refractivity contribution in [2.24, 2.45) is 17.9 Å². The standard InChI is InChI=1S/C50H52N10O7/c1-28-21-50(26-56(27-50)32-9-10-34-35(20-32)46(65)60(45(34)64)38-11-12-41(62)54-44(38)63)14-16-57(28)31-7-5-30(6-8-31)52-42-48(67)55(4)24-37(53-42)33-13-15-51-43(36(33)25-61)59-18-17-58-39(47(59)66)19-29-22-49(2,3)23-40(29)58/h5-10,13,15,19-20,24,28,38,61H,11-12,14,16-18,21-23,25-27H2,1-4H3,(H,52,53)(H,54,62,63)/t28-,38?/m0/s1. The fraction of sp³-hybridized carbons (Fsp3) is 0.400. The number of aliphatic hydroxyl groups excluding tert-OH is 1. The molecule has 11 rings (SSSR count). The van der Waals surface area contributed by atoms with Gasteiger partial charge in [-0.3, -0.25) is 43.9 Å². The summed E-state index contributed by atoms with van der Waals surface area (Å²) in [5, 5.41) is 16.2. The Balaban J connectivity index is 0.747. The number of amides is 5. The Kier molecular flexibility index (Phi) is 9.81. The number of pyridine rings is 1. The number of hydrogen-bond acceptors (Lipinski definition) is 12. The molecular formula is C50H52N10O7. The molecule has 3 fully saturated rings. The zero-order valence-electron chi connectivity index (χ0n) is 38.0. The van der Waals surface area contributed by atoms with Crippen LogP contribution in [0.5, 0.6) is 0 Å². The predicted octanol–water partition coefficient (Wildman–Crippen LogP) is 4.56. The smallest absolute Gasteiger partial charge is 0.293 e. The highest BCUT2D eigenvalue weighted by atomic mass is 16.3. The van der Waals surface area contributed by atoms with E-state index in [2.05, 4.69) is 50.8 Å². The molecule has 6 aliphatic rings. The van der Waals surface area contributed by atoms with Gasteiger partial charge in [0.15, 0.2) is 5.82 Å². The van der Waals surface area contributed by atoms with Crippen molar-refractivity contribution < 1.29 is 29.1 Å². The molecular weight excluding hydrogens is 853 g/mol. The van der Waals surface area contributed by atoms with Gasteiger partial charge < -0.3 is 29.4 Å². The van der Waals surface area contributed by atoms with Crippen LogP contribution in [0.25, 0.3) is 11.3 Å². The predicted molar refractivity (Wildman–Crippen MR) is 249 cm³/mol.